The quantitative estimate of drug-likeness (QED) is 0.808. The summed E-state index contributed by atoms with van der Waals surface area (Å²) >= 11 is 0.710. The highest BCUT2D eigenvalue weighted by molar-refractivity contribution is 7.87. The number of rotatable bonds is 5. The van der Waals surface area contributed by atoms with Crippen LogP contribution in [-0.2, 0) is 16.8 Å². The minimum atomic E-state index is -4.72. The minimum Gasteiger partial charge on any atom is -0.476 e. The van der Waals surface area contributed by atoms with Gasteiger partial charge in [-0.1, -0.05) is 18.2 Å². The number of aromatic nitrogens is 1. The molecule has 0 amide bonds. The van der Waals surface area contributed by atoms with Gasteiger partial charge in [0, 0.05) is 10.9 Å². The van der Waals surface area contributed by atoms with E-state index in [9.17, 15) is 22.2 Å². The predicted molar refractivity (Wildman–Crippen MR) is 73.2 cm³/mol. The van der Waals surface area contributed by atoms with Gasteiger partial charge in [-0.3, -0.25) is 4.55 Å². The van der Waals surface area contributed by atoms with E-state index in [-0.39, 0.29) is 16.4 Å². The Morgan fingerprint density at radius 1 is 1.38 bits per heavy atom. The van der Waals surface area contributed by atoms with Gasteiger partial charge in [0.25, 0.3) is 0 Å². The number of carboxylic acids is 1. The van der Waals surface area contributed by atoms with Crippen LogP contribution in [0.4, 0.5) is 9.52 Å². The summed E-state index contributed by atoms with van der Waals surface area (Å²) in [6, 6.07) is 5.43. The first kappa shape index (κ1) is 15.4. The predicted octanol–water partition coefficient (Wildman–Crippen LogP) is 1.79. The normalized spacial score (nSPS) is 11.3. The maximum atomic E-state index is 13.6. The fraction of sp³-hybridized carbons (Fsp3) is 0.0909. The van der Waals surface area contributed by atoms with Crippen LogP contribution in [-0.4, -0.2) is 29.0 Å². The third-order valence-corrected chi connectivity index (χ3v) is 4.31. The Hall–Kier alpha value is -2.04. The van der Waals surface area contributed by atoms with Crippen LogP contribution in [0.3, 0.4) is 0 Å². The van der Waals surface area contributed by atoms with Crippen LogP contribution in [0.25, 0.3) is 0 Å². The first-order valence-electron chi connectivity index (χ1n) is 5.46. The summed E-state index contributed by atoms with van der Waals surface area (Å²) in [5, 5.41) is 9.63. The number of hydrogen-bond acceptors (Lipinski definition) is 5. The van der Waals surface area contributed by atoms with Crippen LogP contribution in [0.1, 0.15) is 16.1 Å². The molecule has 0 spiro atoms. The van der Waals surface area contributed by atoms with Crippen molar-refractivity contribution in [1.29, 1.82) is 0 Å². The molecule has 1 aromatic carbocycles. The first-order chi connectivity index (χ1) is 9.79. The third kappa shape index (κ3) is 3.54. The van der Waals surface area contributed by atoms with Crippen LogP contribution in [0.15, 0.2) is 29.6 Å². The van der Waals surface area contributed by atoms with Gasteiger partial charge in [0.05, 0.1) is 6.54 Å². The number of thiazole rings is 1. The molecule has 0 fully saturated rings. The maximum absolute atomic E-state index is 13.6. The maximum Gasteiger partial charge on any atom is 0.362 e. The summed E-state index contributed by atoms with van der Waals surface area (Å²) in [6.45, 7) is -0.502. The smallest absolute Gasteiger partial charge is 0.362 e. The molecular weight excluding hydrogens is 323 g/mol. The van der Waals surface area contributed by atoms with Gasteiger partial charge >= 0.3 is 16.3 Å². The van der Waals surface area contributed by atoms with E-state index in [4.69, 9.17) is 5.11 Å². The Kier molecular flexibility index (Phi) is 4.21. The molecular formula is C11H9FN2O5S2. The van der Waals surface area contributed by atoms with Gasteiger partial charge in [0.15, 0.2) is 5.69 Å². The van der Waals surface area contributed by atoms with Crippen LogP contribution in [0.2, 0.25) is 0 Å². The van der Waals surface area contributed by atoms with Crippen molar-refractivity contribution in [2.24, 2.45) is 0 Å². The lowest BCUT2D eigenvalue weighted by Crippen LogP contribution is -2.30. The topological polar surface area (TPSA) is 108 Å². The molecule has 2 aromatic rings. The number of hydrogen-bond donors (Lipinski definition) is 2. The molecule has 0 aliphatic heterocycles. The number of benzene rings is 1. The summed E-state index contributed by atoms with van der Waals surface area (Å²) in [5.74, 6) is -1.99. The summed E-state index contributed by atoms with van der Waals surface area (Å²) in [7, 11) is -4.72. The van der Waals surface area contributed by atoms with Crippen LogP contribution in [0, 0.1) is 5.82 Å². The van der Waals surface area contributed by atoms with Crippen LogP contribution < -0.4 is 4.31 Å². The Bertz CT molecular complexity index is 774. The molecule has 0 saturated carbocycles. The van der Waals surface area contributed by atoms with E-state index in [1.165, 1.54) is 18.2 Å². The monoisotopic (exact) mass is 332 g/mol. The Morgan fingerprint density at radius 3 is 2.57 bits per heavy atom. The van der Waals surface area contributed by atoms with Gasteiger partial charge in [0.2, 0.25) is 5.13 Å². The summed E-state index contributed by atoms with van der Waals surface area (Å²) in [5.41, 5.74) is -0.348. The zero-order chi connectivity index (χ0) is 15.6. The lowest BCUT2D eigenvalue weighted by atomic mass is 10.2. The fourth-order valence-electron chi connectivity index (χ4n) is 1.51. The summed E-state index contributed by atoms with van der Waals surface area (Å²) in [4.78, 5) is 14.3. The van der Waals surface area contributed by atoms with Crippen LogP contribution in [0.5, 0.6) is 0 Å². The molecule has 2 rings (SSSR count). The number of nitrogens with zero attached hydrogens (tertiary/aromatic N) is 2. The Morgan fingerprint density at radius 2 is 2.05 bits per heavy atom. The van der Waals surface area contributed by atoms with E-state index in [1.54, 1.807) is 0 Å². The Balaban J connectivity index is 2.40. The zero-order valence-electron chi connectivity index (χ0n) is 10.3. The molecule has 7 nitrogen and oxygen atoms in total. The van der Waals surface area contributed by atoms with Crippen molar-refractivity contribution in [2.75, 3.05) is 4.31 Å². The van der Waals surface area contributed by atoms with Gasteiger partial charge in [-0.25, -0.2) is 18.5 Å². The molecule has 0 saturated heterocycles. The number of anilines is 1. The molecule has 0 atom stereocenters. The Labute approximate surface area is 123 Å². The molecule has 2 N–H and O–H groups in total. The molecule has 10 heteroatoms. The second-order valence-corrected chi connectivity index (χ2v) is 6.07. The van der Waals surface area contributed by atoms with E-state index in [1.807, 2.05) is 0 Å². The van der Waals surface area contributed by atoms with E-state index >= 15 is 0 Å². The highest BCUT2D eigenvalue weighted by atomic mass is 32.2. The van der Waals surface area contributed by atoms with Gasteiger partial charge in [-0.05, 0) is 6.07 Å². The van der Waals surface area contributed by atoms with Gasteiger partial charge in [0.1, 0.15) is 5.82 Å². The molecule has 1 aromatic heterocycles. The van der Waals surface area contributed by atoms with Gasteiger partial charge < -0.3 is 5.11 Å². The first-order valence-corrected chi connectivity index (χ1v) is 7.74. The number of halogens is 1. The lowest BCUT2D eigenvalue weighted by molar-refractivity contribution is 0.0691. The highest BCUT2D eigenvalue weighted by Crippen LogP contribution is 2.25. The number of carboxylic acid groups (broad SMARTS) is 1. The standard InChI is InChI=1S/C11H9FN2O5S2/c12-8-4-2-1-3-7(8)5-14(21(17,18)19)11-13-9(6-20-11)10(15)16/h1-4,6H,5H2,(H,15,16)(H,17,18,19). The molecule has 1 heterocycles. The largest absolute Gasteiger partial charge is 0.476 e. The third-order valence-electron chi connectivity index (χ3n) is 2.47. The number of aromatic carboxylic acids is 1. The molecule has 0 aliphatic carbocycles. The molecule has 0 radical (unpaired) electrons. The van der Waals surface area contributed by atoms with E-state index < -0.39 is 28.6 Å². The van der Waals surface area contributed by atoms with Crippen molar-refractivity contribution in [1.82, 2.24) is 4.98 Å². The number of carbonyl (C=O) groups is 1. The molecule has 112 valence electrons. The molecule has 21 heavy (non-hydrogen) atoms. The summed E-state index contributed by atoms with van der Waals surface area (Å²) < 4.78 is 46.0. The molecule has 0 bridgehead atoms. The second kappa shape index (κ2) is 5.76. The van der Waals surface area contributed by atoms with Crippen molar-refractivity contribution in [2.45, 2.75) is 6.54 Å². The van der Waals surface area contributed by atoms with Gasteiger partial charge in [-0.2, -0.15) is 8.42 Å². The summed E-state index contributed by atoms with van der Waals surface area (Å²) in [6.07, 6.45) is 0. The molecule has 0 unspecified atom stereocenters. The molecule has 0 aliphatic rings. The van der Waals surface area contributed by atoms with E-state index in [0.29, 0.717) is 15.6 Å². The van der Waals surface area contributed by atoms with E-state index in [2.05, 4.69) is 4.98 Å². The van der Waals surface area contributed by atoms with Crippen molar-refractivity contribution in [3.05, 3.63) is 46.7 Å². The average Bonchev–Trinajstić information content (AvgIpc) is 2.85. The fourth-order valence-corrected chi connectivity index (χ4v) is 3.16. The highest BCUT2D eigenvalue weighted by Gasteiger charge is 2.25. The second-order valence-electron chi connectivity index (χ2n) is 3.90. The van der Waals surface area contributed by atoms with Crippen molar-refractivity contribution >= 4 is 32.7 Å². The lowest BCUT2D eigenvalue weighted by Gasteiger charge is -2.17. The van der Waals surface area contributed by atoms with Gasteiger partial charge in [-0.15, -0.1) is 11.3 Å². The van der Waals surface area contributed by atoms with Crippen molar-refractivity contribution in [3.63, 3.8) is 0 Å². The van der Waals surface area contributed by atoms with E-state index in [0.717, 1.165) is 11.4 Å². The average molecular weight is 332 g/mol. The minimum absolute atomic E-state index is 0.0159. The van der Waals surface area contributed by atoms with Crippen molar-refractivity contribution < 1.29 is 27.3 Å². The zero-order valence-corrected chi connectivity index (χ0v) is 11.9. The van der Waals surface area contributed by atoms with Crippen molar-refractivity contribution in [3.8, 4) is 0 Å². The van der Waals surface area contributed by atoms with Crippen LogP contribution >= 0.6 is 11.3 Å². The SMILES string of the molecule is O=C(O)c1csc(N(Cc2ccccc2F)S(=O)(=O)O)n1.